The third kappa shape index (κ3) is 5.44. The van der Waals surface area contributed by atoms with Gasteiger partial charge in [-0.1, -0.05) is 19.1 Å². The first-order valence-corrected chi connectivity index (χ1v) is 8.35. The minimum atomic E-state index is -0.635. The first-order chi connectivity index (χ1) is 12.4. The van der Waals surface area contributed by atoms with Crippen LogP contribution in [0.1, 0.15) is 36.2 Å². The van der Waals surface area contributed by atoms with Gasteiger partial charge in [0.2, 0.25) is 5.91 Å². The van der Waals surface area contributed by atoms with Crippen molar-refractivity contribution in [3.05, 3.63) is 68.5 Å². The van der Waals surface area contributed by atoms with Gasteiger partial charge in [0.1, 0.15) is 6.54 Å². The lowest BCUT2D eigenvalue weighted by molar-refractivity contribution is -0.121. The molecule has 0 spiro atoms. The molecule has 3 N–H and O–H groups in total. The second kappa shape index (κ2) is 8.80. The van der Waals surface area contributed by atoms with Crippen molar-refractivity contribution in [2.75, 3.05) is 0 Å². The summed E-state index contributed by atoms with van der Waals surface area (Å²) < 4.78 is 1.11. The number of aromatic amines is 1. The van der Waals surface area contributed by atoms with E-state index in [1.165, 1.54) is 12.3 Å². The van der Waals surface area contributed by atoms with Crippen molar-refractivity contribution < 1.29 is 9.59 Å². The topological polar surface area (TPSA) is 113 Å². The second-order valence-electron chi connectivity index (χ2n) is 5.99. The molecule has 0 aliphatic carbocycles. The number of aromatic nitrogens is 2. The van der Waals surface area contributed by atoms with Crippen LogP contribution in [-0.2, 0) is 17.9 Å². The van der Waals surface area contributed by atoms with Crippen LogP contribution < -0.4 is 21.9 Å². The van der Waals surface area contributed by atoms with Gasteiger partial charge in [-0.3, -0.25) is 23.9 Å². The molecule has 2 amide bonds. The number of carbonyl (C=O) groups excluding carboxylic acids is 2. The van der Waals surface area contributed by atoms with Crippen LogP contribution in [0.2, 0.25) is 0 Å². The quantitative estimate of drug-likeness (QED) is 0.664. The molecule has 0 aliphatic heterocycles. The summed E-state index contributed by atoms with van der Waals surface area (Å²) in [4.78, 5) is 48.6. The van der Waals surface area contributed by atoms with Gasteiger partial charge in [0.25, 0.3) is 11.5 Å². The van der Waals surface area contributed by atoms with Crippen molar-refractivity contribution in [1.29, 1.82) is 0 Å². The van der Waals surface area contributed by atoms with Crippen LogP contribution in [0.15, 0.2) is 46.1 Å². The minimum Gasteiger partial charge on any atom is -0.350 e. The smallest absolute Gasteiger partial charge is 0.328 e. The average Bonchev–Trinajstić information content (AvgIpc) is 2.62. The monoisotopic (exact) mass is 358 g/mol. The summed E-state index contributed by atoms with van der Waals surface area (Å²) in [5.41, 5.74) is 0.237. The molecule has 1 aromatic carbocycles. The number of hydrogen-bond donors (Lipinski definition) is 3. The predicted octanol–water partition coefficient (Wildman–Crippen LogP) is 0.381. The Morgan fingerprint density at radius 2 is 1.85 bits per heavy atom. The number of nitrogens with one attached hydrogen (secondary N) is 3. The Kier molecular flexibility index (Phi) is 6.48. The van der Waals surface area contributed by atoms with Gasteiger partial charge in [-0.15, -0.1) is 0 Å². The van der Waals surface area contributed by atoms with Crippen molar-refractivity contribution in [2.24, 2.45) is 0 Å². The van der Waals surface area contributed by atoms with Crippen LogP contribution in [-0.4, -0.2) is 27.4 Å². The van der Waals surface area contributed by atoms with Crippen molar-refractivity contribution in [3.8, 4) is 0 Å². The van der Waals surface area contributed by atoms with E-state index in [1.807, 2.05) is 13.8 Å². The molecule has 26 heavy (non-hydrogen) atoms. The standard InChI is InChI=1S/C18H22N4O4/c1-3-12(2)20-17(25)14-6-4-13(5-7-14)10-19-16(24)11-22-9-8-15(23)21-18(22)26/h4-9,12H,3,10-11H2,1-2H3,(H,19,24)(H,20,25)(H,21,23,26)/t12-/m1/s1. The molecule has 2 rings (SSSR count). The van der Waals surface area contributed by atoms with E-state index < -0.39 is 11.2 Å². The second-order valence-corrected chi connectivity index (χ2v) is 5.99. The molecule has 0 fully saturated rings. The van der Waals surface area contributed by atoms with E-state index in [0.717, 1.165) is 16.6 Å². The molecular formula is C18H22N4O4. The molecule has 0 bridgehead atoms. The van der Waals surface area contributed by atoms with E-state index >= 15 is 0 Å². The highest BCUT2D eigenvalue weighted by atomic mass is 16.2. The Morgan fingerprint density at radius 1 is 1.15 bits per heavy atom. The van der Waals surface area contributed by atoms with Gasteiger partial charge >= 0.3 is 5.69 Å². The number of nitrogens with zero attached hydrogens (tertiary/aromatic N) is 1. The predicted molar refractivity (Wildman–Crippen MR) is 96.8 cm³/mol. The summed E-state index contributed by atoms with van der Waals surface area (Å²) in [6.07, 6.45) is 2.12. The fourth-order valence-corrected chi connectivity index (χ4v) is 2.16. The lowest BCUT2D eigenvalue weighted by atomic mass is 10.1. The molecule has 1 heterocycles. The molecule has 2 aromatic rings. The number of H-pyrrole nitrogens is 1. The van der Waals surface area contributed by atoms with Crippen LogP contribution in [0, 0.1) is 0 Å². The number of rotatable bonds is 7. The van der Waals surface area contributed by atoms with E-state index in [4.69, 9.17) is 0 Å². The normalized spacial score (nSPS) is 11.6. The Morgan fingerprint density at radius 3 is 2.46 bits per heavy atom. The minimum absolute atomic E-state index is 0.109. The number of amides is 2. The zero-order valence-electron chi connectivity index (χ0n) is 14.7. The Bertz CT molecular complexity index is 883. The van der Waals surface area contributed by atoms with Gasteiger partial charge in [-0.25, -0.2) is 4.79 Å². The van der Waals surface area contributed by atoms with Gasteiger partial charge < -0.3 is 10.6 Å². The summed E-state index contributed by atoms with van der Waals surface area (Å²) in [5, 5.41) is 5.57. The number of carbonyl (C=O) groups is 2. The van der Waals surface area contributed by atoms with E-state index in [0.29, 0.717) is 5.56 Å². The molecule has 0 aliphatic rings. The van der Waals surface area contributed by atoms with Gasteiger partial charge in [0.15, 0.2) is 0 Å². The third-order valence-electron chi connectivity index (χ3n) is 3.91. The maximum absolute atomic E-state index is 12.0. The fraction of sp³-hybridized carbons (Fsp3) is 0.333. The van der Waals surface area contributed by atoms with Gasteiger partial charge in [-0.05, 0) is 31.0 Å². The first kappa shape index (κ1) is 19.2. The summed E-state index contributed by atoms with van der Waals surface area (Å²) >= 11 is 0. The lowest BCUT2D eigenvalue weighted by Crippen LogP contribution is -2.35. The van der Waals surface area contributed by atoms with Gasteiger partial charge in [-0.2, -0.15) is 0 Å². The first-order valence-electron chi connectivity index (χ1n) is 8.35. The number of hydrogen-bond acceptors (Lipinski definition) is 4. The van der Waals surface area contributed by atoms with E-state index in [2.05, 4.69) is 15.6 Å². The Hall–Kier alpha value is -3.16. The molecule has 0 radical (unpaired) electrons. The molecule has 0 unspecified atom stereocenters. The Labute approximate surface area is 150 Å². The SMILES string of the molecule is CC[C@@H](C)NC(=O)c1ccc(CNC(=O)Cn2ccc(=O)[nH]c2=O)cc1. The highest BCUT2D eigenvalue weighted by Crippen LogP contribution is 2.05. The zero-order valence-corrected chi connectivity index (χ0v) is 14.7. The van der Waals surface area contributed by atoms with Crippen LogP contribution in [0.4, 0.5) is 0 Å². The van der Waals surface area contributed by atoms with Gasteiger partial charge in [0.05, 0.1) is 0 Å². The largest absolute Gasteiger partial charge is 0.350 e. The van der Waals surface area contributed by atoms with Gasteiger partial charge in [0, 0.05) is 30.4 Å². The molecule has 0 saturated carbocycles. The molecule has 8 heteroatoms. The molecule has 1 atom stereocenters. The van der Waals surface area contributed by atoms with Crippen LogP contribution in [0.25, 0.3) is 0 Å². The maximum atomic E-state index is 12.0. The summed E-state index contributed by atoms with van der Waals surface area (Å²) in [5.74, 6) is -0.495. The van der Waals surface area contributed by atoms with Crippen molar-refractivity contribution in [3.63, 3.8) is 0 Å². The maximum Gasteiger partial charge on any atom is 0.328 e. The van der Waals surface area contributed by atoms with Crippen LogP contribution in [0.3, 0.4) is 0 Å². The zero-order chi connectivity index (χ0) is 19.1. The lowest BCUT2D eigenvalue weighted by Gasteiger charge is -2.12. The van der Waals surface area contributed by atoms with Crippen LogP contribution >= 0.6 is 0 Å². The summed E-state index contributed by atoms with van der Waals surface area (Å²) in [6, 6.07) is 8.21. The van der Waals surface area contributed by atoms with Crippen LogP contribution in [0.5, 0.6) is 0 Å². The van der Waals surface area contributed by atoms with Crippen molar-refractivity contribution in [2.45, 2.75) is 39.4 Å². The highest BCUT2D eigenvalue weighted by molar-refractivity contribution is 5.94. The number of benzene rings is 1. The van der Waals surface area contributed by atoms with E-state index in [1.54, 1.807) is 24.3 Å². The Balaban J connectivity index is 1.89. The molecule has 1 aromatic heterocycles. The van der Waals surface area contributed by atoms with Crippen molar-refractivity contribution in [1.82, 2.24) is 20.2 Å². The average molecular weight is 358 g/mol. The molecule has 138 valence electrons. The fourth-order valence-electron chi connectivity index (χ4n) is 2.16. The van der Waals surface area contributed by atoms with E-state index in [-0.39, 0.29) is 30.9 Å². The van der Waals surface area contributed by atoms with Crippen molar-refractivity contribution >= 4 is 11.8 Å². The summed E-state index contributed by atoms with van der Waals surface area (Å²) in [6.45, 7) is 4.02. The summed E-state index contributed by atoms with van der Waals surface area (Å²) in [7, 11) is 0. The highest BCUT2D eigenvalue weighted by Gasteiger charge is 2.09. The molecule has 8 nitrogen and oxygen atoms in total. The van der Waals surface area contributed by atoms with E-state index in [9.17, 15) is 19.2 Å². The molecule has 0 saturated heterocycles. The third-order valence-corrected chi connectivity index (χ3v) is 3.91. The molecular weight excluding hydrogens is 336 g/mol.